The van der Waals surface area contributed by atoms with E-state index < -0.39 is 0 Å². The third-order valence-electron chi connectivity index (χ3n) is 4.15. The number of amidine groups is 1. The summed E-state index contributed by atoms with van der Waals surface area (Å²) in [5.74, 6) is 0.792. The second kappa shape index (κ2) is 5.83. The first-order valence-electron chi connectivity index (χ1n) is 7.88. The Labute approximate surface area is 145 Å². The molecule has 2 aliphatic heterocycles. The second-order valence-electron chi connectivity index (χ2n) is 5.79. The van der Waals surface area contributed by atoms with Crippen LogP contribution in [0.3, 0.4) is 0 Å². The number of nitrogens with zero attached hydrogens (tertiary/aromatic N) is 4. The van der Waals surface area contributed by atoms with Crippen molar-refractivity contribution in [3.05, 3.63) is 63.8 Å². The SMILES string of the molecule is CCc1ccc2c(n1)C(c1ccncc1Cl)=NC1=C(C)CN=C1N2. The molecule has 0 unspecified atom stereocenters. The van der Waals surface area contributed by atoms with Crippen LogP contribution in [-0.2, 0) is 6.42 Å². The molecule has 24 heavy (non-hydrogen) atoms. The molecule has 0 atom stereocenters. The number of rotatable bonds is 2. The van der Waals surface area contributed by atoms with E-state index in [1.807, 2.05) is 25.1 Å². The average molecular weight is 338 g/mol. The Morgan fingerprint density at radius 1 is 1.25 bits per heavy atom. The Bertz CT molecular complexity index is 927. The van der Waals surface area contributed by atoms with Crippen molar-refractivity contribution in [2.75, 3.05) is 11.9 Å². The lowest BCUT2D eigenvalue weighted by Gasteiger charge is -2.11. The number of hydrogen-bond acceptors (Lipinski definition) is 5. The molecule has 2 aromatic heterocycles. The van der Waals surface area contributed by atoms with Crippen molar-refractivity contribution in [1.29, 1.82) is 0 Å². The van der Waals surface area contributed by atoms with E-state index >= 15 is 0 Å². The Hall–Kier alpha value is -2.53. The molecule has 0 spiro atoms. The molecule has 5 nitrogen and oxygen atoms in total. The highest BCUT2D eigenvalue weighted by Gasteiger charge is 2.26. The van der Waals surface area contributed by atoms with Crippen LogP contribution in [-0.4, -0.2) is 28.1 Å². The molecule has 0 fully saturated rings. The summed E-state index contributed by atoms with van der Waals surface area (Å²) in [6, 6.07) is 5.93. The maximum absolute atomic E-state index is 6.39. The van der Waals surface area contributed by atoms with Gasteiger partial charge in [-0.05, 0) is 37.1 Å². The van der Waals surface area contributed by atoms with Crippen LogP contribution in [0.2, 0.25) is 5.02 Å². The molecule has 4 heterocycles. The third kappa shape index (κ3) is 2.41. The van der Waals surface area contributed by atoms with Gasteiger partial charge in [0.25, 0.3) is 0 Å². The first kappa shape index (κ1) is 15.0. The lowest BCUT2D eigenvalue weighted by atomic mass is 10.1. The Kier molecular flexibility index (Phi) is 3.65. The van der Waals surface area contributed by atoms with Crippen LogP contribution in [0.5, 0.6) is 0 Å². The molecule has 6 heteroatoms. The predicted molar refractivity (Wildman–Crippen MR) is 97.1 cm³/mol. The van der Waals surface area contributed by atoms with Crippen molar-refractivity contribution in [2.24, 2.45) is 9.98 Å². The molecular formula is C18H16ClN5. The summed E-state index contributed by atoms with van der Waals surface area (Å²) < 4.78 is 0. The van der Waals surface area contributed by atoms with E-state index in [1.165, 1.54) is 0 Å². The Balaban J connectivity index is 2.01. The number of anilines is 1. The van der Waals surface area contributed by atoms with Gasteiger partial charge >= 0.3 is 0 Å². The number of halogens is 1. The third-order valence-corrected chi connectivity index (χ3v) is 4.45. The number of aryl methyl sites for hydroxylation is 1. The van der Waals surface area contributed by atoms with Gasteiger partial charge in [-0.15, -0.1) is 0 Å². The van der Waals surface area contributed by atoms with Gasteiger partial charge in [0.1, 0.15) is 17.1 Å². The minimum Gasteiger partial charge on any atom is -0.337 e. The largest absolute Gasteiger partial charge is 0.337 e. The fourth-order valence-electron chi connectivity index (χ4n) is 2.82. The number of aromatic nitrogens is 2. The number of aliphatic imine (C=N–C) groups is 2. The van der Waals surface area contributed by atoms with Gasteiger partial charge in [0.05, 0.1) is 17.3 Å². The van der Waals surface area contributed by atoms with E-state index in [-0.39, 0.29) is 0 Å². The van der Waals surface area contributed by atoms with E-state index in [0.29, 0.717) is 11.6 Å². The monoisotopic (exact) mass is 337 g/mol. The molecule has 0 aliphatic carbocycles. The smallest absolute Gasteiger partial charge is 0.152 e. The molecule has 0 aromatic carbocycles. The van der Waals surface area contributed by atoms with Crippen molar-refractivity contribution in [3.8, 4) is 0 Å². The highest BCUT2D eigenvalue weighted by Crippen LogP contribution is 2.30. The van der Waals surface area contributed by atoms with Crippen LogP contribution in [0.15, 0.2) is 51.8 Å². The summed E-state index contributed by atoms with van der Waals surface area (Å²) in [6.45, 7) is 4.79. The molecule has 2 aliphatic rings. The number of nitrogens with one attached hydrogen (secondary N) is 1. The quantitative estimate of drug-likeness (QED) is 0.910. The van der Waals surface area contributed by atoms with Crippen LogP contribution in [0.1, 0.15) is 30.8 Å². The molecule has 0 saturated carbocycles. The minimum atomic E-state index is 0.558. The summed E-state index contributed by atoms with van der Waals surface area (Å²) in [6.07, 6.45) is 4.20. The standard InChI is InChI=1S/C18H16ClN5/c1-3-11-4-5-14-17(22-11)16(12-6-7-20-9-13(12)19)24-15-10(2)8-21-18(15)23-14/h4-7,9H,3,8H2,1-2H3,(H,21,23). The van der Waals surface area contributed by atoms with E-state index in [9.17, 15) is 0 Å². The first-order chi connectivity index (χ1) is 11.7. The van der Waals surface area contributed by atoms with Crippen molar-refractivity contribution >= 4 is 28.8 Å². The first-order valence-corrected chi connectivity index (χ1v) is 8.25. The molecule has 0 amide bonds. The highest BCUT2D eigenvalue weighted by atomic mass is 35.5. The van der Waals surface area contributed by atoms with Crippen molar-refractivity contribution < 1.29 is 0 Å². The zero-order valence-corrected chi connectivity index (χ0v) is 14.2. The van der Waals surface area contributed by atoms with Crippen molar-refractivity contribution in [1.82, 2.24) is 9.97 Å². The molecule has 4 rings (SSSR count). The lowest BCUT2D eigenvalue weighted by Crippen LogP contribution is -2.12. The minimum absolute atomic E-state index is 0.558. The van der Waals surface area contributed by atoms with E-state index in [2.05, 4.69) is 22.2 Å². The summed E-state index contributed by atoms with van der Waals surface area (Å²) >= 11 is 6.39. The Morgan fingerprint density at radius 2 is 2.12 bits per heavy atom. The summed E-state index contributed by atoms with van der Waals surface area (Å²) in [4.78, 5) is 18.3. The molecule has 1 N–H and O–H groups in total. The lowest BCUT2D eigenvalue weighted by molar-refractivity contribution is 1.03. The van der Waals surface area contributed by atoms with Crippen LogP contribution in [0.4, 0.5) is 5.69 Å². The number of hydrogen-bond donors (Lipinski definition) is 1. The number of pyridine rings is 2. The zero-order chi connectivity index (χ0) is 16.7. The van der Waals surface area contributed by atoms with E-state index in [4.69, 9.17) is 21.6 Å². The van der Waals surface area contributed by atoms with Gasteiger partial charge in [0.2, 0.25) is 0 Å². The van der Waals surface area contributed by atoms with Gasteiger partial charge in [0.15, 0.2) is 5.84 Å². The molecule has 0 saturated heterocycles. The van der Waals surface area contributed by atoms with E-state index in [0.717, 1.165) is 51.9 Å². The maximum Gasteiger partial charge on any atom is 0.152 e. The van der Waals surface area contributed by atoms with Gasteiger partial charge in [-0.3, -0.25) is 9.98 Å². The van der Waals surface area contributed by atoms with Gasteiger partial charge in [0, 0.05) is 23.7 Å². The summed E-state index contributed by atoms with van der Waals surface area (Å²) in [7, 11) is 0. The summed E-state index contributed by atoms with van der Waals surface area (Å²) in [5.41, 5.74) is 6.26. The summed E-state index contributed by atoms with van der Waals surface area (Å²) in [5, 5.41) is 3.94. The topological polar surface area (TPSA) is 62.5 Å². The number of fused-ring (bicyclic) bond motifs is 2. The molecule has 120 valence electrons. The van der Waals surface area contributed by atoms with Crippen molar-refractivity contribution in [3.63, 3.8) is 0 Å². The fourth-order valence-corrected chi connectivity index (χ4v) is 3.03. The van der Waals surface area contributed by atoms with Crippen LogP contribution in [0, 0.1) is 0 Å². The van der Waals surface area contributed by atoms with Crippen molar-refractivity contribution in [2.45, 2.75) is 20.3 Å². The normalized spacial score (nSPS) is 16.0. The zero-order valence-electron chi connectivity index (χ0n) is 13.5. The van der Waals surface area contributed by atoms with Gasteiger partial charge < -0.3 is 5.32 Å². The maximum atomic E-state index is 6.39. The predicted octanol–water partition coefficient (Wildman–Crippen LogP) is 3.64. The molecule has 0 bridgehead atoms. The van der Waals surface area contributed by atoms with Gasteiger partial charge in [-0.2, -0.15) is 0 Å². The second-order valence-corrected chi connectivity index (χ2v) is 6.19. The highest BCUT2D eigenvalue weighted by molar-refractivity contribution is 6.36. The van der Waals surface area contributed by atoms with Gasteiger partial charge in [-0.25, -0.2) is 9.98 Å². The van der Waals surface area contributed by atoms with Gasteiger partial charge in [-0.1, -0.05) is 18.5 Å². The van der Waals surface area contributed by atoms with Crippen LogP contribution in [0.25, 0.3) is 0 Å². The fraction of sp³-hybridized carbons (Fsp3) is 0.222. The average Bonchev–Trinajstić information content (AvgIpc) is 2.85. The van der Waals surface area contributed by atoms with E-state index in [1.54, 1.807) is 12.4 Å². The van der Waals surface area contributed by atoms with Crippen LogP contribution >= 0.6 is 11.6 Å². The molecule has 0 radical (unpaired) electrons. The van der Waals surface area contributed by atoms with Crippen LogP contribution < -0.4 is 5.32 Å². The molecule has 2 aromatic rings. The Morgan fingerprint density at radius 3 is 2.92 bits per heavy atom. The molecular weight excluding hydrogens is 322 g/mol.